The number of nitrogens with zero attached hydrogens (tertiary/aromatic N) is 2. The lowest BCUT2D eigenvalue weighted by Gasteiger charge is -2.20. The molecule has 2 rings (SSSR count). The molecule has 0 spiro atoms. The Morgan fingerprint density at radius 2 is 1.77 bits per heavy atom. The van der Waals surface area contributed by atoms with Gasteiger partial charge < -0.3 is 10.6 Å². The maximum atomic E-state index is 12.2. The van der Waals surface area contributed by atoms with Crippen molar-refractivity contribution in [2.24, 2.45) is 0 Å². The number of hydrogen-bond acceptors (Lipinski definition) is 5. The Balaban J connectivity index is 1.83. The van der Waals surface area contributed by atoms with Crippen LogP contribution in [0.15, 0.2) is 30.3 Å². The Morgan fingerprint density at radius 1 is 1.15 bits per heavy atom. The van der Waals surface area contributed by atoms with Gasteiger partial charge in [-0.05, 0) is 32.5 Å². The summed E-state index contributed by atoms with van der Waals surface area (Å²) in [6, 6.07) is 8.28. The van der Waals surface area contributed by atoms with E-state index in [1.165, 1.54) is 4.90 Å². The first-order valence-electron chi connectivity index (χ1n) is 8.25. The average Bonchev–Trinajstić information content (AvgIpc) is 2.79. The predicted octanol–water partition coefficient (Wildman–Crippen LogP) is 0.309. The molecule has 0 aliphatic carbocycles. The molecule has 9 heteroatoms. The maximum absolute atomic E-state index is 12.2. The molecule has 1 aromatic rings. The Bertz CT molecular complexity index is 708. The van der Waals surface area contributed by atoms with Crippen LogP contribution < -0.4 is 16.1 Å². The Labute approximate surface area is 151 Å². The van der Waals surface area contributed by atoms with Gasteiger partial charge in [0.25, 0.3) is 11.8 Å². The second kappa shape index (κ2) is 7.96. The molecule has 0 saturated carbocycles. The van der Waals surface area contributed by atoms with Crippen molar-refractivity contribution in [1.29, 1.82) is 0 Å². The van der Waals surface area contributed by atoms with Crippen molar-refractivity contribution in [3.05, 3.63) is 30.3 Å². The zero-order chi connectivity index (χ0) is 19.3. The van der Waals surface area contributed by atoms with E-state index in [1.54, 1.807) is 45.2 Å². The molecular formula is C17H23N5O4. The molecule has 1 fully saturated rings. The quantitative estimate of drug-likeness (QED) is 0.605. The molecule has 1 saturated heterocycles. The molecule has 1 atom stereocenters. The lowest BCUT2D eigenvalue weighted by atomic mass is 10.00. The fraction of sp³-hybridized carbons (Fsp3) is 0.412. The Morgan fingerprint density at radius 3 is 2.35 bits per heavy atom. The van der Waals surface area contributed by atoms with E-state index in [4.69, 9.17) is 0 Å². The van der Waals surface area contributed by atoms with Crippen LogP contribution in [0.4, 0.5) is 10.5 Å². The summed E-state index contributed by atoms with van der Waals surface area (Å²) in [6.07, 6.45) is 0.406. The average molecular weight is 361 g/mol. The van der Waals surface area contributed by atoms with Crippen molar-refractivity contribution in [2.45, 2.75) is 25.8 Å². The number of likely N-dealkylation sites (N-methyl/N-ethyl adjacent to an activating group) is 1. The first kappa shape index (κ1) is 19.4. The van der Waals surface area contributed by atoms with Gasteiger partial charge in [0, 0.05) is 5.69 Å². The van der Waals surface area contributed by atoms with E-state index in [2.05, 4.69) is 16.1 Å². The summed E-state index contributed by atoms with van der Waals surface area (Å²) in [5, 5.41) is 5.94. The van der Waals surface area contributed by atoms with Crippen molar-refractivity contribution in [1.82, 2.24) is 20.7 Å². The molecule has 1 unspecified atom stereocenters. The summed E-state index contributed by atoms with van der Waals surface area (Å²) in [6.45, 7) is 3.19. The fourth-order valence-corrected chi connectivity index (χ4v) is 2.45. The van der Waals surface area contributed by atoms with Crippen molar-refractivity contribution >= 4 is 29.4 Å². The number of urea groups is 1. The summed E-state index contributed by atoms with van der Waals surface area (Å²) in [5.74, 6) is -1.35. The van der Waals surface area contributed by atoms with Gasteiger partial charge in [-0.15, -0.1) is 0 Å². The number of amides is 5. The standard InChI is InChI=1S/C17H23N5O4/c1-4-17(2)15(25)22(16(26)19-17)20-14(24)11-21(3)10-13(23)18-12-8-6-5-7-9-12/h5-9H,4,10-11H2,1-3H3,(H,18,23)(H,19,26)(H,20,24). The molecule has 1 aliphatic heterocycles. The molecule has 140 valence electrons. The first-order valence-corrected chi connectivity index (χ1v) is 8.25. The fourth-order valence-electron chi connectivity index (χ4n) is 2.45. The van der Waals surface area contributed by atoms with Crippen LogP contribution in [-0.2, 0) is 14.4 Å². The van der Waals surface area contributed by atoms with Gasteiger partial charge >= 0.3 is 6.03 Å². The topological polar surface area (TPSA) is 111 Å². The van der Waals surface area contributed by atoms with Crippen molar-refractivity contribution < 1.29 is 19.2 Å². The van der Waals surface area contributed by atoms with Crippen molar-refractivity contribution in [3.63, 3.8) is 0 Å². The van der Waals surface area contributed by atoms with E-state index in [-0.39, 0.29) is 19.0 Å². The van der Waals surface area contributed by atoms with Crippen LogP contribution in [0.2, 0.25) is 0 Å². The van der Waals surface area contributed by atoms with Crippen LogP contribution in [0.3, 0.4) is 0 Å². The summed E-state index contributed by atoms with van der Waals surface area (Å²) < 4.78 is 0. The zero-order valence-electron chi connectivity index (χ0n) is 15.0. The number of imide groups is 1. The molecule has 9 nitrogen and oxygen atoms in total. The highest BCUT2D eigenvalue weighted by Gasteiger charge is 2.47. The van der Waals surface area contributed by atoms with E-state index in [9.17, 15) is 19.2 Å². The maximum Gasteiger partial charge on any atom is 0.344 e. The van der Waals surface area contributed by atoms with Gasteiger partial charge in [-0.25, -0.2) is 4.79 Å². The third-order valence-corrected chi connectivity index (χ3v) is 4.09. The molecule has 0 aromatic heterocycles. The van der Waals surface area contributed by atoms with Crippen LogP contribution in [0, 0.1) is 0 Å². The van der Waals surface area contributed by atoms with E-state index in [0.29, 0.717) is 17.1 Å². The highest BCUT2D eigenvalue weighted by atomic mass is 16.2. The monoisotopic (exact) mass is 361 g/mol. The highest BCUT2D eigenvalue weighted by Crippen LogP contribution is 2.19. The van der Waals surface area contributed by atoms with Gasteiger partial charge in [-0.2, -0.15) is 5.01 Å². The zero-order valence-corrected chi connectivity index (χ0v) is 15.0. The molecular weight excluding hydrogens is 338 g/mol. The molecule has 0 radical (unpaired) electrons. The minimum atomic E-state index is -1.02. The third-order valence-electron chi connectivity index (χ3n) is 4.09. The smallest absolute Gasteiger partial charge is 0.325 e. The van der Waals surface area contributed by atoms with Crippen molar-refractivity contribution in [3.8, 4) is 0 Å². The van der Waals surface area contributed by atoms with Crippen LogP contribution in [0.25, 0.3) is 0 Å². The number of hydrogen-bond donors (Lipinski definition) is 3. The number of carbonyl (C=O) groups is 4. The Kier molecular flexibility index (Phi) is 5.93. The third kappa shape index (κ3) is 4.57. The SMILES string of the molecule is CCC1(C)NC(=O)N(NC(=O)CN(C)CC(=O)Nc2ccccc2)C1=O. The van der Waals surface area contributed by atoms with Crippen LogP contribution >= 0.6 is 0 Å². The molecule has 26 heavy (non-hydrogen) atoms. The van der Waals surface area contributed by atoms with Crippen LogP contribution in [0.5, 0.6) is 0 Å². The van der Waals surface area contributed by atoms with E-state index in [0.717, 1.165) is 0 Å². The second-order valence-electron chi connectivity index (χ2n) is 6.38. The van der Waals surface area contributed by atoms with Crippen molar-refractivity contribution in [2.75, 3.05) is 25.5 Å². The van der Waals surface area contributed by atoms with E-state index >= 15 is 0 Å². The minimum Gasteiger partial charge on any atom is -0.325 e. The molecule has 1 aliphatic rings. The number of rotatable bonds is 7. The second-order valence-corrected chi connectivity index (χ2v) is 6.38. The number of benzene rings is 1. The summed E-state index contributed by atoms with van der Waals surface area (Å²) in [5.41, 5.74) is 1.92. The number of nitrogens with one attached hydrogen (secondary N) is 3. The van der Waals surface area contributed by atoms with Gasteiger partial charge in [-0.1, -0.05) is 25.1 Å². The lowest BCUT2D eigenvalue weighted by Crippen LogP contribution is -2.51. The Hall–Kier alpha value is -2.94. The normalized spacial score (nSPS) is 19.5. The van der Waals surface area contributed by atoms with Crippen LogP contribution in [0.1, 0.15) is 20.3 Å². The van der Waals surface area contributed by atoms with Gasteiger partial charge in [0.15, 0.2) is 0 Å². The predicted molar refractivity (Wildman–Crippen MR) is 94.8 cm³/mol. The van der Waals surface area contributed by atoms with Gasteiger partial charge in [-0.3, -0.25) is 24.7 Å². The van der Waals surface area contributed by atoms with Gasteiger partial charge in [0.05, 0.1) is 13.1 Å². The first-order chi connectivity index (χ1) is 12.2. The van der Waals surface area contributed by atoms with E-state index in [1.807, 2.05) is 6.07 Å². The lowest BCUT2D eigenvalue weighted by molar-refractivity contribution is -0.139. The molecule has 0 bridgehead atoms. The number of para-hydroxylation sites is 1. The van der Waals surface area contributed by atoms with Gasteiger partial charge in [0.2, 0.25) is 5.91 Å². The summed E-state index contributed by atoms with van der Waals surface area (Å²) in [7, 11) is 1.59. The molecule has 3 N–H and O–H groups in total. The number of carbonyl (C=O) groups excluding carboxylic acids is 4. The largest absolute Gasteiger partial charge is 0.344 e. The van der Waals surface area contributed by atoms with E-state index < -0.39 is 23.4 Å². The summed E-state index contributed by atoms with van der Waals surface area (Å²) in [4.78, 5) is 49.6. The minimum absolute atomic E-state index is 0.0187. The molecule has 5 amide bonds. The van der Waals surface area contributed by atoms with Gasteiger partial charge in [0.1, 0.15) is 5.54 Å². The number of hydrazine groups is 1. The molecule has 1 heterocycles. The number of anilines is 1. The summed E-state index contributed by atoms with van der Waals surface area (Å²) >= 11 is 0. The highest BCUT2D eigenvalue weighted by molar-refractivity contribution is 6.07. The van der Waals surface area contributed by atoms with Crippen LogP contribution in [-0.4, -0.2) is 59.3 Å². The molecule has 1 aromatic carbocycles.